The Labute approximate surface area is 155 Å². The summed E-state index contributed by atoms with van der Waals surface area (Å²) in [7, 11) is 0. The molecule has 4 rings (SSSR count). The van der Waals surface area contributed by atoms with Crippen molar-refractivity contribution in [2.24, 2.45) is 0 Å². The highest BCUT2D eigenvalue weighted by molar-refractivity contribution is 6.01. The summed E-state index contributed by atoms with van der Waals surface area (Å²) in [6, 6.07) is 23.0. The molecule has 0 radical (unpaired) electrons. The van der Waals surface area contributed by atoms with Crippen molar-refractivity contribution in [2.45, 2.75) is 0 Å². The zero-order valence-electron chi connectivity index (χ0n) is 14.3. The number of oxazole rings is 1. The molecule has 132 valence electrons. The van der Waals surface area contributed by atoms with Gasteiger partial charge in [0.05, 0.1) is 0 Å². The number of rotatable bonds is 4. The minimum absolute atomic E-state index is 0.170. The quantitative estimate of drug-likeness (QED) is 0.566. The molecule has 2 N–H and O–H groups in total. The minimum atomic E-state index is -0.261. The van der Waals surface area contributed by atoms with Crippen LogP contribution in [0.2, 0.25) is 0 Å². The number of carbonyl (C=O) groups is 1. The zero-order chi connectivity index (χ0) is 18.6. The van der Waals surface area contributed by atoms with E-state index in [2.05, 4.69) is 10.3 Å². The Balaban J connectivity index is 1.74. The van der Waals surface area contributed by atoms with E-state index in [9.17, 15) is 9.90 Å². The van der Waals surface area contributed by atoms with Crippen LogP contribution in [-0.4, -0.2) is 16.0 Å². The number of fused-ring (bicyclic) bond motifs is 1. The highest BCUT2D eigenvalue weighted by atomic mass is 16.3. The molecule has 0 aliphatic heterocycles. The minimum Gasteiger partial charge on any atom is -0.508 e. The first-order valence-corrected chi connectivity index (χ1v) is 8.42. The second-order valence-corrected chi connectivity index (χ2v) is 5.96. The number of amides is 1. The first kappa shape index (κ1) is 16.6. The molecule has 4 aromatic rings. The fraction of sp³-hybridized carbons (Fsp3) is 0. The lowest BCUT2D eigenvalue weighted by Crippen LogP contribution is -2.22. The van der Waals surface area contributed by atoms with Crippen molar-refractivity contribution in [2.75, 3.05) is 0 Å². The molecular formula is C22H16N2O3. The number of hydrogen-bond donors (Lipinski definition) is 2. The van der Waals surface area contributed by atoms with Gasteiger partial charge in [-0.1, -0.05) is 42.5 Å². The van der Waals surface area contributed by atoms with E-state index in [1.165, 1.54) is 0 Å². The molecule has 1 heterocycles. The molecule has 0 saturated carbocycles. The summed E-state index contributed by atoms with van der Waals surface area (Å²) in [6.07, 6.45) is 1.75. The van der Waals surface area contributed by atoms with Crippen LogP contribution in [-0.2, 0) is 0 Å². The van der Waals surface area contributed by atoms with Gasteiger partial charge in [-0.2, -0.15) is 0 Å². The topological polar surface area (TPSA) is 75.4 Å². The first-order valence-electron chi connectivity index (χ1n) is 8.42. The van der Waals surface area contributed by atoms with Crippen LogP contribution in [0.1, 0.15) is 21.8 Å². The smallest absolute Gasteiger partial charge is 0.255 e. The maximum absolute atomic E-state index is 12.6. The van der Waals surface area contributed by atoms with Crippen molar-refractivity contribution in [3.63, 3.8) is 0 Å². The molecule has 0 atom stereocenters. The van der Waals surface area contributed by atoms with E-state index >= 15 is 0 Å². The van der Waals surface area contributed by atoms with Gasteiger partial charge in [-0.25, -0.2) is 4.98 Å². The lowest BCUT2D eigenvalue weighted by Gasteiger charge is -2.07. The number of phenolic OH excluding ortho intramolecular Hbond substituents is 1. The summed E-state index contributed by atoms with van der Waals surface area (Å²) < 4.78 is 5.82. The van der Waals surface area contributed by atoms with Gasteiger partial charge in [-0.3, -0.25) is 4.79 Å². The second-order valence-electron chi connectivity index (χ2n) is 5.96. The van der Waals surface area contributed by atoms with Crippen molar-refractivity contribution in [1.82, 2.24) is 10.3 Å². The second kappa shape index (κ2) is 7.17. The van der Waals surface area contributed by atoms with E-state index in [1.807, 2.05) is 30.3 Å². The number of aromatic hydroxyl groups is 1. The molecule has 0 unspecified atom stereocenters. The lowest BCUT2D eigenvalue weighted by atomic mass is 10.1. The van der Waals surface area contributed by atoms with E-state index in [-0.39, 0.29) is 11.7 Å². The van der Waals surface area contributed by atoms with Crippen LogP contribution in [0.4, 0.5) is 0 Å². The molecule has 0 bridgehead atoms. The Hall–Kier alpha value is -3.86. The van der Waals surface area contributed by atoms with Gasteiger partial charge in [0, 0.05) is 5.56 Å². The highest BCUT2D eigenvalue weighted by Gasteiger charge is 2.15. The monoisotopic (exact) mass is 356 g/mol. The Morgan fingerprint density at radius 3 is 2.37 bits per heavy atom. The van der Waals surface area contributed by atoms with Crippen molar-refractivity contribution < 1.29 is 14.3 Å². The van der Waals surface area contributed by atoms with Gasteiger partial charge in [0.25, 0.3) is 5.91 Å². The molecule has 1 amide bonds. The number of benzene rings is 3. The number of phenols is 1. The fourth-order valence-electron chi connectivity index (χ4n) is 2.66. The molecule has 0 spiro atoms. The van der Waals surface area contributed by atoms with Crippen LogP contribution in [0.25, 0.3) is 22.9 Å². The number of nitrogens with one attached hydrogen (secondary N) is 1. The predicted molar refractivity (Wildman–Crippen MR) is 104 cm³/mol. The van der Waals surface area contributed by atoms with Crippen LogP contribution in [0.15, 0.2) is 83.3 Å². The van der Waals surface area contributed by atoms with Crippen LogP contribution in [0, 0.1) is 0 Å². The number of para-hydroxylation sites is 2. The molecule has 0 aliphatic carbocycles. The Bertz CT molecular complexity index is 1080. The van der Waals surface area contributed by atoms with Crippen LogP contribution in [0.5, 0.6) is 5.75 Å². The van der Waals surface area contributed by atoms with E-state index in [4.69, 9.17) is 4.42 Å². The highest BCUT2D eigenvalue weighted by Crippen LogP contribution is 2.22. The lowest BCUT2D eigenvalue weighted by molar-refractivity contribution is 0.0973. The normalized spacial score (nSPS) is 11.5. The van der Waals surface area contributed by atoms with Crippen molar-refractivity contribution in [3.8, 4) is 5.75 Å². The summed E-state index contributed by atoms with van der Waals surface area (Å²) >= 11 is 0. The SMILES string of the molecule is O=C(N/C(=C\c1ccc(O)cc1)c1nc2ccccc2o1)c1ccccc1. The van der Waals surface area contributed by atoms with Gasteiger partial charge in [0.1, 0.15) is 17.0 Å². The summed E-state index contributed by atoms with van der Waals surface area (Å²) in [5.41, 5.74) is 3.10. The van der Waals surface area contributed by atoms with E-state index in [0.717, 1.165) is 5.56 Å². The molecular weight excluding hydrogens is 340 g/mol. The van der Waals surface area contributed by atoms with Gasteiger partial charge >= 0.3 is 0 Å². The molecule has 0 fully saturated rings. The van der Waals surface area contributed by atoms with Crippen molar-refractivity contribution >= 4 is 28.8 Å². The van der Waals surface area contributed by atoms with Crippen LogP contribution in [0.3, 0.4) is 0 Å². The van der Waals surface area contributed by atoms with Gasteiger partial charge in [-0.05, 0) is 48.0 Å². The molecule has 0 saturated heterocycles. The molecule has 0 aliphatic rings. The van der Waals surface area contributed by atoms with E-state index in [0.29, 0.717) is 28.3 Å². The number of hydrogen-bond acceptors (Lipinski definition) is 4. The molecule has 5 nitrogen and oxygen atoms in total. The molecule has 3 aromatic carbocycles. The maximum atomic E-state index is 12.6. The van der Waals surface area contributed by atoms with E-state index in [1.54, 1.807) is 54.6 Å². The molecule has 5 heteroatoms. The number of nitrogens with zero attached hydrogens (tertiary/aromatic N) is 1. The van der Waals surface area contributed by atoms with Gasteiger partial charge in [-0.15, -0.1) is 0 Å². The predicted octanol–water partition coefficient (Wildman–Crippen LogP) is 4.46. The largest absolute Gasteiger partial charge is 0.508 e. The summed E-state index contributed by atoms with van der Waals surface area (Å²) in [4.78, 5) is 17.1. The number of aromatic nitrogens is 1. The van der Waals surface area contributed by atoms with Gasteiger partial charge < -0.3 is 14.8 Å². The number of carbonyl (C=O) groups excluding carboxylic acids is 1. The van der Waals surface area contributed by atoms with Gasteiger partial charge in [0.2, 0.25) is 5.89 Å². The molecule has 1 aromatic heterocycles. The zero-order valence-corrected chi connectivity index (χ0v) is 14.3. The Morgan fingerprint density at radius 1 is 0.926 bits per heavy atom. The third-order valence-electron chi connectivity index (χ3n) is 4.01. The maximum Gasteiger partial charge on any atom is 0.255 e. The average Bonchev–Trinajstić information content (AvgIpc) is 3.14. The average molecular weight is 356 g/mol. The standard InChI is InChI=1S/C22H16N2O3/c25-17-12-10-15(11-13-17)14-19(23-21(26)16-6-2-1-3-7-16)22-24-18-8-4-5-9-20(18)27-22/h1-14,25H,(H,23,26)/b19-14-. The fourth-order valence-corrected chi connectivity index (χ4v) is 2.66. The van der Waals surface area contributed by atoms with Crippen molar-refractivity contribution in [3.05, 3.63) is 95.9 Å². The first-order chi connectivity index (χ1) is 13.2. The summed E-state index contributed by atoms with van der Waals surface area (Å²) in [5, 5.41) is 12.4. The van der Waals surface area contributed by atoms with Gasteiger partial charge in [0.15, 0.2) is 5.58 Å². The Morgan fingerprint density at radius 2 is 1.63 bits per heavy atom. The third-order valence-corrected chi connectivity index (χ3v) is 4.01. The summed E-state index contributed by atoms with van der Waals surface area (Å²) in [6.45, 7) is 0. The summed E-state index contributed by atoms with van der Waals surface area (Å²) in [5.74, 6) is 0.223. The van der Waals surface area contributed by atoms with Crippen LogP contribution >= 0.6 is 0 Å². The van der Waals surface area contributed by atoms with Crippen molar-refractivity contribution in [1.29, 1.82) is 0 Å². The van der Waals surface area contributed by atoms with E-state index < -0.39 is 0 Å². The Kier molecular flexibility index (Phi) is 4.41. The molecule has 27 heavy (non-hydrogen) atoms. The third kappa shape index (κ3) is 3.72. The van der Waals surface area contributed by atoms with Crippen LogP contribution < -0.4 is 5.32 Å².